The molecule has 1 aromatic carbocycles. The molecule has 5 nitrogen and oxygen atoms in total. The van der Waals surface area contributed by atoms with Crippen LogP contribution >= 0.6 is 27.5 Å². The molecule has 0 atom stereocenters. The van der Waals surface area contributed by atoms with E-state index in [1.54, 1.807) is 6.07 Å². The summed E-state index contributed by atoms with van der Waals surface area (Å²) in [4.78, 5) is 16.0. The fourth-order valence-corrected chi connectivity index (χ4v) is 2.03. The number of aromatic nitrogens is 1. The van der Waals surface area contributed by atoms with Crippen molar-refractivity contribution in [3.63, 3.8) is 0 Å². The normalized spacial score (nSPS) is 10.1. The van der Waals surface area contributed by atoms with Gasteiger partial charge in [0.05, 0.1) is 16.3 Å². The number of amides is 1. The van der Waals surface area contributed by atoms with Gasteiger partial charge in [0.15, 0.2) is 5.82 Å². The number of carbonyl (C=O) groups is 1. The van der Waals surface area contributed by atoms with Gasteiger partial charge >= 0.3 is 0 Å². The molecular weight excluding hydrogens is 332 g/mol. The van der Waals surface area contributed by atoms with E-state index < -0.39 is 0 Å². The first kappa shape index (κ1) is 13.8. The lowest BCUT2D eigenvalue weighted by molar-refractivity contribution is 0.102. The van der Waals surface area contributed by atoms with Crippen LogP contribution in [-0.2, 0) is 0 Å². The summed E-state index contributed by atoms with van der Waals surface area (Å²) in [5.41, 5.74) is 3.36. The van der Waals surface area contributed by atoms with Gasteiger partial charge < -0.3 is 10.7 Å². The Morgan fingerprint density at radius 3 is 2.74 bits per heavy atom. The molecule has 0 aliphatic carbocycles. The van der Waals surface area contributed by atoms with Crippen LogP contribution in [0.3, 0.4) is 0 Å². The Hall–Kier alpha value is -1.63. The van der Waals surface area contributed by atoms with Crippen molar-refractivity contribution in [2.24, 2.45) is 5.84 Å². The quantitative estimate of drug-likeness (QED) is 0.592. The number of anilines is 2. The summed E-state index contributed by atoms with van der Waals surface area (Å²) in [5, 5.41) is 3.03. The summed E-state index contributed by atoms with van der Waals surface area (Å²) in [5.74, 6) is 5.23. The predicted molar refractivity (Wildman–Crippen MR) is 79.2 cm³/mol. The highest BCUT2D eigenvalue weighted by atomic mass is 79.9. The molecule has 0 saturated carbocycles. The van der Waals surface area contributed by atoms with Crippen molar-refractivity contribution < 1.29 is 4.79 Å². The Bertz CT molecular complexity index is 620. The van der Waals surface area contributed by atoms with Crippen molar-refractivity contribution in [1.82, 2.24) is 4.98 Å². The third-order valence-electron chi connectivity index (χ3n) is 2.36. The summed E-state index contributed by atoms with van der Waals surface area (Å²) < 4.78 is 0.794. The minimum absolute atomic E-state index is 0.280. The molecule has 98 valence electrons. The summed E-state index contributed by atoms with van der Waals surface area (Å²) in [6, 6.07) is 8.80. The van der Waals surface area contributed by atoms with Gasteiger partial charge in [0.25, 0.3) is 5.91 Å². The molecule has 2 aromatic rings. The molecule has 4 N–H and O–H groups in total. The Balaban J connectivity index is 2.21. The fraction of sp³-hybridized carbons (Fsp3) is 0. The lowest BCUT2D eigenvalue weighted by Crippen LogP contribution is -2.14. The molecule has 1 aromatic heterocycles. The Labute approximate surface area is 123 Å². The topological polar surface area (TPSA) is 80.0 Å². The number of hydrazine groups is 1. The molecule has 0 bridgehead atoms. The number of nitrogens with zero attached hydrogens (tertiary/aromatic N) is 1. The van der Waals surface area contributed by atoms with E-state index in [2.05, 4.69) is 31.7 Å². The minimum Gasteiger partial charge on any atom is -0.321 e. The summed E-state index contributed by atoms with van der Waals surface area (Å²) in [7, 11) is 0. The van der Waals surface area contributed by atoms with Crippen LogP contribution in [0.25, 0.3) is 0 Å². The lowest BCUT2D eigenvalue weighted by atomic mass is 10.2. The van der Waals surface area contributed by atoms with Gasteiger partial charge in [-0.2, -0.15) is 0 Å². The van der Waals surface area contributed by atoms with Crippen molar-refractivity contribution in [3.05, 3.63) is 51.6 Å². The van der Waals surface area contributed by atoms with E-state index in [9.17, 15) is 4.79 Å². The number of para-hydroxylation sites is 1. The summed E-state index contributed by atoms with van der Waals surface area (Å²) in [6.45, 7) is 0. The number of rotatable bonds is 3. The molecular formula is C12H10BrClN4O. The van der Waals surface area contributed by atoms with Crippen LogP contribution in [0, 0.1) is 0 Å². The van der Waals surface area contributed by atoms with Crippen molar-refractivity contribution in [3.8, 4) is 0 Å². The molecule has 19 heavy (non-hydrogen) atoms. The number of pyridine rings is 1. The molecule has 1 amide bonds. The zero-order chi connectivity index (χ0) is 13.8. The van der Waals surface area contributed by atoms with E-state index in [1.165, 1.54) is 12.3 Å². The van der Waals surface area contributed by atoms with Crippen molar-refractivity contribution in [2.45, 2.75) is 0 Å². The van der Waals surface area contributed by atoms with Gasteiger partial charge in [0.2, 0.25) is 0 Å². The first-order chi connectivity index (χ1) is 9.11. The molecule has 0 aliphatic rings. The number of nitrogen functional groups attached to an aromatic ring is 1. The molecule has 0 saturated heterocycles. The highest BCUT2D eigenvalue weighted by molar-refractivity contribution is 9.10. The Morgan fingerprint density at radius 1 is 1.37 bits per heavy atom. The average molecular weight is 342 g/mol. The van der Waals surface area contributed by atoms with E-state index in [0.29, 0.717) is 17.1 Å². The first-order valence-corrected chi connectivity index (χ1v) is 6.47. The Kier molecular flexibility index (Phi) is 4.36. The molecule has 0 aliphatic heterocycles. The predicted octanol–water partition coefficient (Wildman–Crippen LogP) is 3.04. The zero-order valence-electron chi connectivity index (χ0n) is 9.65. The highest BCUT2D eigenvalue weighted by Gasteiger charge is 2.11. The van der Waals surface area contributed by atoms with Gasteiger partial charge in [0, 0.05) is 10.7 Å². The molecule has 0 unspecified atom stereocenters. The van der Waals surface area contributed by atoms with Gasteiger partial charge in [-0.1, -0.05) is 23.7 Å². The largest absolute Gasteiger partial charge is 0.321 e. The van der Waals surface area contributed by atoms with Crippen LogP contribution in [0.2, 0.25) is 5.02 Å². The van der Waals surface area contributed by atoms with Gasteiger partial charge in [-0.25, -0.2) is 10.8 Å². The van der Waals surface area contributed by atoms with Crippen molar-refractivity contribution >= 4 is 44.9 Å². The number of hydrogen-bond acceptors (Lipinski definition) is 4. The second-order valence-corrected chi connectivity index (χ2v) is 4.89. The number of benzene rings is 1. The van der Waals surface area contributed by atoms with Crippen LogP contribution in [0.5, 0.6) is 0 Å². The number of halogens is 2. The Morgan fingerprint density at radius 2 is 2.11 bits per heavy atom. The van der Waals surface area contributed by atoms with E-state index in [-0.39, 0.29) is 10.9 Å². The van der Waals surface area contributed by atoms with Crippen LogP contribution in [-0.4, -0.2) is 10.9 Å². The second-order valence-electron chi connectivity index (χ2n) is 3.63. The molecule has 2 rings (SSSR count). The fourth-order valence-electron chi connectivity index (χ4n) is 1.43. The standard InChI is InChI=1S/C12H10BrClN4O/c13-8-3-1-2-4-10(8)17-12(19)7-5-9(14)11(18-15)16-6-7/h1-6H,15H2,(H,16,18)(H,17,19). The third-order valence-corrected chi connectivity index (χ3v) is 3.34. The number of nitrogens with two attached hydrogens (primary N) is 1. The zero-order valence-corrected chi connectivity index (χ0v) is 12.0. The molecule has 7 heteroatoms. The molecule has 0 fully saturated rings. The molecule has 0 radical (unpaired) electrons. The van der Waals surface area contributed by atoms with Crippen molar-refractivity contribution in [1.29, 1.82) is 0 Å². The summed E-state index contributed by atoms with van der Waals surface area (Å²) >= 11 is 9.27. The van der Waals surface area contributed by atoms with Crippen LogP contribution in [0.15, 0.2) is 41.0 Å². The van der Waals surface area contributed by atoms with E-state index in [0.717, 1.165) is 4.47 Å². The monoisotopic (exact) mass is 340 g/mol. The third kappa shape index (κ3) is 3.23. The highest BCUT2D eigenvalue weighted by Crippen LogP contribution is 2.23. The SMILES string of the molecule is NNc1ncc(C(=O)Nc2ccccc2Br)cc1Cl. The van der Waals surface area contributed by atoms with Gasteiger partial charge in [0.1, 0.15) is 0 Å². The maximum absolute atomic E-state index is 12.0. The van der Waals surface area contributed by atoms with Crippen molar-refractivity contribution in [2.75, 3.05) is 10.7 Å². The number of hydrogen-bond donors (Lipinski definition) is 3. The average Bonchev–Trinajstić information content (AvgIpc) is 2.41. The van der Waals surface area contributed by atoms with Crippen LogP contribution < -0.4 is 16.6 Å². The lowest BCUT2D eigenvalue weighted by Gasteiger charge is -2.08. The minimum atomic E-state index is -0.301. The number of nitrogens with one attached hydrogen (secondary N) is 2. The first-order valence-electron chi connectivity index (χ1n) is 5.30. The van der Waals surface area contributed by atoms with E-state index in [4.69, 9.17) is 17.4 Å². The van der Waals surface area contributed by atoms with Gasteiger partial charge in [-0.3, -0.25) is 4.79 Å². The number of carbonyl (C=O) groups excluding carboxylic acids is 1. The van der Waals surface area contributed by atoms with Gasteiger partial charge in [-0.05, 0) is 34.1 Å². The van der Waals surface area contributed by atoms with Gasteiger partial charge in [-0.15, -0.1) is 0 Å². The van der Waals surface area contributed by atoms with E-state index >= 15 is 0 Å². The molecule has 0 spiro atoms. The van der Waals surface area contributed by atoms with Crippen LogP contribution in [0.1, 0.15) is 10.4 Å². The van der Waals surface area contributed by atoms with Crippen LogP contribution in [0.4, 0.5) is 11.5 Å². The van der Waals surface area contributed by atoms with E-state index in [1.807, 2.05) is 18.2 Å². The second kappa shape index (κ2) is 6.01. The summed E-state index contributed by atoms with van der Waals surface area (Å²) in [6.07, 6.45) is 1.40. The maximum Gasteiger partial charge on any atom is 0.257 e. The maximum atomic E-state index is 12.0. The molecule has 1 heterocycles. The smallest absolute Gasteiger partial charge is 0.257 e.